The van der Waals surface area contributed by atoms with E-state index in [1.807, 2.05) is 24.4 Å². The van der Waals surface area contributed by atoms with Crippen LogP contribution in [0.1, 0.15) is 42.2 Å². The van der Waals surface area contributed by atoms with Gasteiger partial charge in [-0.2, -0.15) is 5.26 Å². The van der Waals surface area contributed by atoms with E-state index in [4.69, 9.17) is 9.63 Å². The van der Waals surface area contributed by atoms with Crippen molar-refractivity contribution in [2.75, 3.05) is 0 Å². The second-order valence-electron chi connectivity index (χ2n) is 5.67. The van der Waals surface area contributed by atoms with Crippen LogP contribution in [0.15, 0.2) is 35.0 Å². The Labute approximate surface area is 138 Å². The lowest BCUT2D eigenvalue weighted by molar-refractivity contribution is 0.0686. The van der Waals surface area contributed by atoms with E-state index in [2.05, 4.69) is 22.7 Å². The molecular formula is C18H17N3O3. The number of carboxylic acids is 1. The van der Waals surface area contributed by atoms with Gasteiger partial charge in [0.1, 0.15) is 6.07 Å². The second-order valence-corrected chi connectivity index (χ2v) is 5.67. The molecular weight excluding hydrogens is 306 g/mol. The Morgan fingerprint density at radius 2 is 2.21 bits per heavy atom. The van der Waals surface area contributed by atoms with E-state index in [1.54, 1.807) is 0 Å². The molecule has 0 saturated heterocycles. The third-order valence-corrected chi connectivity index (χ3v) is 4.02. The van der Waals surface area contributed by atoms with Crippen molar-refractivity contribution in [1.82, 2.24) is 9.72 Å². The summed E-state index contributed by atoms with van der Waals surface area (Å²) in [6.07, 6.45) is 5.23. The Morgan fingerprint density at radius 1 is 1.38 bits per heavy atom. The molecule has 0 spiro atoms. The maximum Gasteiger partial charge on any atom is 0.358 e. The van der Waals surface area contributed by atoms with Crippen molar-refractivity contribution in [2.45, 2.75) is 32.7 Å². The summed E-state index contributed by atoms with van der Waals surface area (Å²) in [7, 11) is 0. The molecule has 3 rings (SSSR count). The van der Waals surface area contributed by atoms with Gasteiger partial charge < -0.3 is 14.2 Å². The van der Waals surface area contributed by atoms with Crippen LogP contribution in [-0.4, -0.2) is 20.8 Å². The Bertz CT molecular complexity index is 931. The molecule has 0 unspecified atom stereocenters. The topological polar surface area (TPSA) is 92.0 Å². The van der Waals surface area contributed by atoms with Crippen molar-refractivity contribution in [3.8, 4) is 17.4 Å². The number of fused-ring (bicyclic) bond motifs is 1. The van der Waals surface area contributed by atoms with Gasteiger partial charge in [0.25, 0.3) is 0 Å². The highest BCUT2D eigenvalue weighted by atomic mass is 16.5. The van der Waals surface area contributed by atoms with Crippen LogP contribution in [0.4, 0.5) is 0 Å². The molecule has 122 valence electrons. The van der Waals surface area contributed by atoms with Gasteiger partial charge in [0, 0.05) is 35.3 Å². The molecule has 1 aromatic carbocycles. The van der Waals surface area contributed by atoms with Gasteiger partial charge in [-0.05, 0) is 24.6 Å². The molecule has 0 atom stereocenters. The van der Waals surface area contributed by atoms with Crippen LogP contribution < -0.4 is 0 Å². The summed E-state index contributed by atoms with van der Waals surface area (Å²) >= 11 is 0. The van der Waals surface area contributed by atoms with Crippen LogP contribution in [0, 0.1) is 11.3 Å². The average Bonchev–Trinajstić information content (AvgIpc) is 3.20. The van der Waals surface area contributed by atoms with Crippen molar-refractivity contribution < 1.29 is 14.4 Å². The van der Waals surface area contributed by atoms with Gasteiger partial charge in [-0.1, -0.05) is 24.9 Å². The van der Waals surface area contributed by atoms with Crippen molar-refractivity contribution >= 4 is 16.9 Å². The third kappa shape index (κ3) is 2.88. The predicted octanol–water partition coefficient (Wildman–Crippen LogP) is 4.06. The van der Waals surface area contributed by atoms with Gasteiger partial charge in [-0.15, -0.1) is 0 Å². The number of hydrogen-bond donors (Lipinski definition) is 1. The average molecular weight is 323 g/mol. The zero-order valence-electron chi connectivity index (χ0n) is 13.3. The maximum absolute atomic E-state index is 10.9. The molecule has 1 N–H and O–H groups in total. The number of carboxylic acid groups (broad SMARTS) is 1. The standard InChI is InChI=1S/C18H17N3O3/c1-2-3-4-7-21-11-13(10-19)14-8-12(5-6-16(14)21)17-9-15(18(22)23)20-24-17/h5-6,8-9,11H,2-4,7H2,1H3,(H,22,23). The monoisotopic (exact) mass is 323 g/mol. The first-order chi connectivity index (χ1) is 11.6. The first-order valence-electron chi connectivity index (χ1n) is 7.87. The molecule has 0 saturated carbocycles. The normalized spacial score (nSPS) is 10.8. The number of aryl methyl sites for hydroxylation is 1. The van der Waals surface area contributed by atoms with Gasteiger partial charge in [0.2, 0.25) is 0 Å². The smallest absolute Gasteiger partial charge is 0.358 e. The molecule has 3 aromatic rings. The molecule has 2 aromatic heterocycles. The molecule has 0 amide bonds. The minimum atomic E-state index is -1.13. The number of aromatic carboxylic acids is 1. The SMILES string of the molecule is CCCCCn1cc(C#N)c2cc(-c3cc(C(=O)O)no3)ccc21. The fraction of sp³-hybridized carbons (Fsp3) is 0.278. The fourth-order valence-corrected chi connectivity index (χ4v) is 2.77. The van der Waals surface area contributed by atoms with E-state index in [-0.39, 0.29) is 5.69 Å². The second kappa shape index (κ2) is 6.59. The number of nitriles is 1. The van der Waals surface area contributed by atoms with E-state index in [0.29, 0.717) is 16.9 Å². The highest BCUT2D eigenvalue weighted by Gasteiger charge is 2.14. The number of carbonyl (C=O) groups is 1. The first kappa shape index (κ1) is 15.8. The third-order valence-electron chi connectivity index (χ3n) is 4.02. The highest BCUT2D eigenvalue weighted by molar-refractivity contribution is 5.91. The van der Waals surface area contributed by atoms with Gasteiger partial charge in [-0.3, -0.25) is 0 Å². The molecule has 0 aliphatic heterocycles. The Hall–Kier alpha value is -3.07. The molecule has 6 nitrogen and oxygen atoms in total. The molecule has 0 aliphatic carbocycles. The Morgan fingerprint density at radius 3 is 2.88 bits per heavy atom. The number of benzene rings is 1. The number of rotatable bonds is 6. The summed E-state index contributed by atoms with van der Waals surface area (Å²) < 4.78 is 7.19. The maximum atomic E-state index is 10.9. The van der Waals surface area contributed by atoms with Gasteiger partial charge >= 0.3 is 5.97 Å². The Balaban J connectivity index is 2.01. The van der Waals surface area contributed by atoms with Crippen LogP contribution >= 0.6 is 0 Å². The summed E-state index contributed by atoms with van der Waals surface area (Å²) in [5.74, 6) is -0.761. The molecule has 24 heavy (non-hydrogen) atoms. The van der Waals surface area contributed by atoms with Crippen molar-refractivity contribution in [1.29, 1.82) is 5.26 Å². The molecule has 0 radical (unpaired) electrons. The largest absolute Gasteiger partial charge is 0.476 e. The lowest BCUT2D eigenvalue weighted by atomic mass is 10.1. The molecule has 0 fully saturated rings. The lowest BCUT2D eigenvalue weighted by Crippen LogP contribution is -1.95. The van der Waals surface area contributed by atoms with E-state index in [0.717, 1.165) is 36.7 Å². The van der Waals surface area contributed by atoms with E-state index in [1.165, 1.54) is 6.07 Å². The van der Waals surface area contributed by atoms with Crippen LogP contribution in [0.5, 0.6) is 0 Å². The number of unbranched alkanes of at least 4 members (excludes halogenated alkanes) is 2. The molecule has 2 heterocycles. The van der Waals surface area contributed by atoms with E-state index in [9.17, 15) is 10.1 Å². The minimum absolute atomic E-state index is 0.136. The molecule has 0 aliphatic rings. The minimum Gasteiger partial charge on any atom is -0.476 e. The highest BCUT2D eigenvalue weighted by Crippen LogP contribution is 2.28. The van der Waals surface area contributed by atoms with Crippen molar-refractivity contribution in [3.63, 3.8) is 0 Å². The van der Waals surface area contributed by atoms with Crippen molar-refractivity contribution in [3.05, 3.63) is 41.7 Å². The first-order valence-corrected chi connectivity index (χ1v) is 7.87. The predicted molar refractivity (Wildman–Crippen MR) is 88.6 cm³/mol. The quantitative estimate of drug-likeness (QED) is 0.691. The number of aromatic nitrogens is 2. The number of nitrogens with zero attached hydrogens (tertiary/aromatic N) is 3. The van der Waals surface area contributed by atoms with Gasteiger partial charge in [0.15, 0.2) is 11.5 Å². The summed E-state index contributed by atoms with van der Waals surface area (Å²) in [6.45, 7) is 3.03. The Kier molecular flexibility index (Phi) is 4.34. The molecule has 6 heteroatoms. The van der Waals surface area contributed by atoms with Gasteiger partial charge in [0.05, 0.1) is 5.56 Å². The van der Waals surface area contributed by atoms with E-state index >= 15 is 0 Å². The van der Waals surface area contributed by atoms with E-state index < -0.39 is 5.97 Å². The lowest BCUT2D eigenvalue weighted by Gasteiger charge is -2.05. The van der Waals surface area contributed by atoms with Crippen LogP contribution in [0.3, 0.4) is 0 Å². The van der Waals surface area contributed by atoms with Crippen molar-refractivity contribution in [2.24, 2.45) is 0 Å². The molecule has 0 bridgehead atoms. The summed E-state index contributed by atoms with van der Waals surface area (Å²) in [6, 6.07) is 9.23. The van der Waals surface area contributed by atoms with Crippen LogP contribution in [0.25, 0.3) is 22.2 Å². The summed E-state index contributed by atoms with van der Waals surface area (Å²) in [5, 5.41) is 22.7. The van der Waals surface area contributed by atoms with Gasteiger partial charge in [-0.25, -0.2) is 4.79 Å². The fourth-order valence-electron chi connectivity index (χ4n) is 2.77. The zero-order valence-corrected chi connectivity index (χ0v) is 13.3. The zero-order chi connectivity index (χ0) is 17.1. The van der Waals surface area contributed by atoms with Crippen LogP contribution in [-0.2, 0) is 6.54 Å². The summed E-state index contributed by atoms with van der Waals surface area (Å²) in [5.41, 5.74) is 2.15. The summed E-state index contributed by atoms with van der Waals surface area (Å²) in [4.78, 5) is 10.9. The van der Waals surface area contributed by atoms with Crippen LogP contribution in [0.2, 0.25) is 0 Å². The number of hydrogen-bond acceptors (Lipinski definition) is 4.